The summed E-state index contributed by atoms with van der Waals surface area (Å²) in [4.78, 5) is 0. The van der Waals surface area contributed by atoms with E-state index in [9.17, 15) is 0 Å². The molecule has 1 aromatic heterocycles. The molecule has 236 valence electrons. The van der Waals surface area contributed by atoms with Crippen LogP contribution in [0.3, 0.4) is 0 Å². The van der Waals surface area contributed by atoms with Crippen LogP contribution in [0, 0.1) is 0 Å². The van der Waals surface area contributed by atoms with E-state index in [1.54, 1.807) is 0 Å². The van der Waals surface area contributed by atoms with Gasteiger partial charge in [-0.3, -0.25) is 0 Å². The lowest BCUT2D eigenvalue weighted by Gasteiger charge is -2.19. The summed E-state index contributed by atoms with van der Waals surface area (Å²) in [5.74, 6) is 0. The Kier molecular flexibility index (Phi) is 6.22. The van der Waals surface area contributed by atoms with E-state index in [4.69, 9.17) is 0 Å². The first-order valence-corrected chi connectivity index (χ1v) is 18.4. The Bertz CT molecular complexity index is 3110. The van der Waals surface area contributed by atoms with Gasteiger partial charge in [0.1, 0.15) is 0 Å². The summed E-state index contributed by atoms with van der Waals surface area (Å²) < 4.78 is 2.68. The fourth-order valence-corrected chi connectivity index (χ4v) is 9.74. The van der Waals surface area contributed by atoms with Crippen LogP contribution < -0.4 is 0 Å². The third-order valence-electron chi connectivity index (χ3n) is 10.8. The van der Waals surface area contributed by atoms with Gasteiger partial charge in [-0.25, -0.2) is 0 Å². The molecule has 0 atom stereocenters. The monoisotopic (exact) mass is 662 g/mol. The number of benzene rings is 10. The summed E-state index contributed by atoms with van der Waals surface area (Å²) in [5, 5.41) is 15.7. The Morgan fingerprint density at radius 3 is 1.35 bits per heavy atom. The van der Waals surface area contributed by atoms with Crippen LogP contribution in [0.4, 0.5) is 0 Å². The molecular formula is C50H30S. The van der Waals surface area contributed by atoms with Crippen molar-refractivity contribution in [3.63, 3.8) is 0 Å². The smallest absolute Gasteiger partial charge is 0.0362 e. The molecule has 11 aromatic rings. The summed E-state index contributed by atoms with van der Waals surface area (Å²) in [7, 11) is 0. The third kappa shape index (κ3) is 4.26. The van der Waals surface area contributed by atoms with Gasteiger partial charge in [-0.15, -0.1) is 11.3 Å². The van der Waals surface area contributed by atoms with E-state index in [1.165, 1.54) is 107 Å². The highest BCUT2D eigenvalue weighted by Gasteiger charge is 2.19. The molecule has 11 rings (SSSR count). The van der Waals surface area contributed by atoms with Gasteiger partial charge in [0.2, 0.25) is 0 Å². The molecule has 0 saturated heterocycles. The zero-order valence-electron chi connectivity index (χ0n) is 27.7. The quantitative estimate of drug-likeness (QED) is 0.130. The average molecular weight is 663 g/mol. The van der Waals surface area contributed by atoms with Crippen molar-refractivity contribution >= 4 is 85.4 Å². The Hall–Kier alpha value is -6.28. The van der Waals surface area contributed by atoms with Crippen LogP contribution in [0.1, 0.15) is 0 Å². The van der Waals surface area contributed by atoms with E-state index >= 15 is 0 Å². The molecule has 0 bridgehead atoms. The van der Waals surface area contributed by atoms with Crippen molar-refractivity contribution in [2.75, 3.05) is 0 Å². The van der Waals surface area contributed by atoms with E-state index in [0.717, 1.165) is 0 Å². The third-order valence-corrected chi connectivity index (χ3v) is 12.0. The van der Waals surface area contributed by atoms with Crippen LogP contribution in [-0.2, 0) is 0 Å². The van der Waals surface area contributed by atoms with Crippen molar-refractivity contribution in [2.45, 2.75) is 0 Å². The van der Waals surface area contributed by atoms with Gasteiger partial charge in [0, 0.05) is 20.2 Å². The average Bonchev–Trinajstić information content (AvgIpc) is 3.59. The van der Waals surface area contributed by atoms with Crippen LogP contribution in [0.5, 0.6) is 0 Å². The number of rotatable bonds is 3. The van der Waals surface area contributed by atoms with Crippen molar-refractivity contribution < 1.29 is 0 Å². The predicted octanol–water partition coefficient (Wildman–Crippen LogP) is 14.8. The second kappa shape index (κ2) is 11.1. The second-order valence-corrected chi connectivity index (χ2v) is 14.6. The molecule has 0 aliphatic rings. The zero-order valence-corrected chi connectivity index (χ0v) is 28.5. The van der Waals surface area contributed by atoms with Gasteiger partial charge < -0.3 is 0 Å². The molecule has 1 heteroatoms. The standard InChI is InChI=1S/C50H30S/c1-2-12-31(13-3-1)32-22-24-33(25-23-32)47-37-16-6-8-18-39(37)48(40-19-9-7-17-38(40)47)34-26-27-42-44(30-34)36-15-5-4-14-35(36)41-28-29-46-50(49(41)42)43-20-10-11-21-45(43)51-46/h1-30H. The SMILES string of the molecule is c1ccc(-c2ccc(-c3c4ccccc4c(-c4ccc5c(c4)c4ccccc4c4ccc6sc7ccccc7c6c45)c4ccccc34)cc2)cc1. The molecular weight excluding hydrogens is 633 g/mol. The molecule has 0 N–H and O–H groups in total. The van der Waals surface area contributed by atoms with Crippen molar-refractivity contribution in [1.82, 2.24) is 0 Å². The number of hydrogen-bond acceptors (Lipinski definition) is 1. The van der Waals surface area contributed by atoms with E-state index in [1.807, 2.05) is 11.3 Å². The number of thiophene rings is 1. The highest BCUT2D eigenvalue weighted by molar-refractivity contribution is 7.26. The maximum atomic E-state index is 2.47. The molecule has 0 radical (unpaired) electrons. The first-order valence-electron chi connectivity index (χ1n) is 17.6. The Morgan fingerprint density at radius 2 is 0.686 bits per heavy atom. The number of fused-ring (bicyclic) bond motifs is 12. The van der Waals surface area contributed by atoms with Crippen molar-refractivity contribution in [3.05, 3.63) is 182 Å². The molecule has 51 heavy (non-hydrogen) atoms. The lowest BCUT2D eigenvalue weighted by atomic mass is 9.84. The Balaban J connectivity index is 1.21. The Morgan fingerprint density at radius 1 is 0.235 bits per heavy atom. The largest absolute Gasteiger partial charge is 0.135 e. The molecule has 0 spiro atoms. The lowest BCUT2D eigenvalue weighted by Crippen LogP contribution is -1.91. The second-order valence-electron chi connectivity index (χ2n) is 13.5. The molecule has 0 fully saturated rings. The first-order chi connectivity index (χ1) is 25.3. The fraction of sp³-hybridized carbons (Fsp3) is 0. The van der Waals surface area contributed by atoms with Crippen molar-refractivity contribution in [3.8, 4) is 33.4 Å². The molecule has 0 nitrogen and oxygen atoms in total. The van der Waals surface area contributed by atoms with Gasteiger partial charge in [0.15, 0.2) is 0 Å². The first kappa shape index (κ1) is 28.5. The summed E-state index contributed by atoms with van der Waals surface area (Å²) >= 11 is 1.89. The highest BCUT2D eigenvalue weighted by atomic mass is 32.1. The van der Waals surface area contributed by atoms with Crippen LogP contribution in [0.15, 0.2) is 182 Å². The molecule has 0 amide bonds. The molecule has 0 aliphatic carbocycles. The summed E-state index contributed by atoms with van der Waals surface area (Å²) in [6, 6.07) is 67.4. The van der Waals surface area contributed by atoms with Gasteiger partial charge in [0.05, 0.1) is 0 Å². The van der Waals surface area contributed by atoms with Crippen LogP contribution in [-0.4, -0.2) is 0 Å². The van der Waals surface area contributed by atoms with Crippen LogP contribution >= 0.6 is 11.3 Å². The predicted molar refractivity (Wildman–Crippen MR) is 223 cm³/mol. The summed E-state index contributed by atoms with van der Waals surface area (Å²) in [6.07, 6.45) is 0. The van der Waals surface area contributed by atoms with E-state index in [2.05, 4.69) is 182 Å². The number of hydrogen-bond donors (Lipinski definition) is 0. The molecule has 0 saturated carbocycles. The minimum atomic E-state index is 1.23. The molecule has 10 aromatic carbocycles. The molecule has 1 heterocycles. The molecule has 0 aliphatic heterocycles. The van der Waals surface area contributed by atoms with E-state index < -0.39 is 0 Å². The van der Waals surface area contributed by atoms with Gasteiger partial charge in [-0.2, -0.15) is 0 Å². The topological polar surface area (TPSA) is 0 Å². The zero-order chi connectivity index (χ0) is 33.5. The fourth-order valence-electron chi connectivity index (χ4n) is 8.62. The van der Waals surface area contributed by atoms with Gasteiger partial charge in [-0.05, 0) is 105 Å². The lowest BCUT2D eigenvalue weighted by molar-refractivity contribution is 1.61. The minimum absolute atomic E-state index is 1.23. The summed E-state index contributed by atoms with van der Waals surface area (Å²) in [6.45, 7) is 0. The van der Waals surface area contributed by atoms with Crippen LogP contribution in [0.2, 0.25) is 0 Å². The Labute approximate surface area is 299 Å². The van der Waals surface area contributed by atoms with Gasteiger partial charge >= 0.3 is 0 Å². The van der Waals surface area contributed by atoms with Crippen LogP contribution in [0.25, 0.3) is 107 Å². The highest BCUT2D eigenvalue weighted by Crippen LogP contribution is 2.48. The minimum Gasteiger partial charge on any atom is -0.135 e. The van der Waals surface area contributed by atoms with Crippen molar-refractivity contribution in [1.29, 1.82) is 0 Å². The summed E-state index contributed by atoms with van der Waals surface area (Å²) in [5.41, 5.74) is 7.51. The van der Waals surface area contributed by atoms with Crippen molar-refractivity contribution in [2.24, 2.45) is 0 Å². The molecule has 0 unspecified atom stereocenters. The van der Waals surface area contributed by atoms with Gasteiger partial charge in [0.25, 0.3) is 0 Å². The maximum absolute atomic E-state index is 2.47. The van der Waals surface area contributed by atoms with E-state index in [0.29, 0.717) is 0 Å². The normalized spacial score (nSPS) is 11.9. The maximum Gasteiger partial charge on any atom is 0.0362 e. The van der Waals surface area contributed by atoms with E-state index in [-0.39, 0.29) is 0 Å². The van der Waals surface area contributed by atoms with Gasteiger partial charge in [-0.1, -0.05) is 164 Å².